The van der Waals surface area contributed by atoms with Gasteiger partial charge < -0.3 is 9.84 Å². The molecule has 0 aliphatic heterocycles. The number of hydrogen-bond donors (Lipinski definition) is 1. The van der Waals surface area contributed by atoms with Gasteiger partial charge in [-0.3, -0.25) is 4.79 Å². The van der Waals surface area contributed by atoms with E-state index in [4.69, 9.17) is 4.74 Å². The standard InChI is InChI=1S/C32H43BrN2O3/c1-3-4-5-6-7-8-9-10-11-12-13-14-15-29(30-22-26(33)16-21-31(30)36)32(37)25-23-34-35(24-25)27-17-19-28(38-2)20-18-27/h16-24,29,36H,3-15H2,1-2H3. The Morgan fingerprint density at radius 1 is 0.921 bits per heavy atom. The summed E-state index contributed by atoms with van der Waals surface area (Å²) in [6.07, 6.45) is 19.4. The summed E-state index contributed by atoms with van der Waals surface area (Å²) in [7, 11) is 1.63. The Morgan fingerprint density at radius 2 is 1.53 bits per heavy atom. The van der Waals surface area contributed by atoms with Crippen LogP contribution in [0.3, 0.4) is 0 Å². The van der Waals surface area contributed by atoms with Gasteiger partial charge in [-0.1, -0.05) is 99.9 Å². The van der Waals surface area contributed by atoms with E-state index in [0.29, 0.717) is 17.5 Å². The molecule has 0 bridgehead atoms. The Bertz CT molecular complexity index is 1110. The first kappa shape index (κ1) is 29.9. The average molecular weight is 584 g/mol. The van der Waals surface area contributed by atoms with Crippen molar-refractivity contribution in [2.75, 3.05) is 7.11 Å². The van der Waals surface area contributed by atoms with Crippen LogP contribution in [0, 0.1) is 0 Å². The number of hydrogen-bond acceptors (Lipinski definition) is 4. The molecule has 1 unspecified atom stereocenters. The monoisotopic (exact) mass is 582 g/mol. The number of phenols is 1. The van der Waals surface area contributed by atoms with Crippen molar-refractivity contribution in [2.24, 2.45) is 0 Å². The van der Waals surface area contributed by atoms with Gasteiger partial charge in [0.15, 0.2) is 5.78 Å². The van der Waals surface area contributed by atoms with Gasteiger partial charge in [0, 0.05) is 16.2 Å². The summed E-state index contributed by atoms with van der Waals surface area (Å²) in [5.74, 6) is 0.503. The van der Waals surface area contributed by atoms with Crippen molar-refractivity contribution < 1.29 is 14.6 Å². The topological polar surface area (TPSA) is 64.4 Å². The number of unbranched alkanes of at least 4 members (excludes halogenated alkanes) is 11. The van der Waals surface area contributed by atoms with Crippen LogP contribution in [-0.4, -0.2) is 27.8 Å². The number of methoxy groups -OCH3 is 1. The molecule has 0 amide bonds. The lowest BCUT2D eigenvalue weighted by Crippen LogP contribution is -2.13. The van der Waals surface area contributed by atoms with E-state index in [9.17, 15) is 9.90 Å². The minimum atomic E-state index is -0.413. The molecule has 1 atom stereocenters. The fourth-order valence-corrected chi connectivity index (χ4v) is 5.33. The van der Waals surface area contributed by atoms with Gasteiger partial charge in [-0.25, -0.2) is 4.68 Å². The highest BCUT2D eigenvalue weighted by atomic mass is 79.9. The summed E-state index contributed by atoms with van der Waals surface area (Å²) in [6.45, 7) is 2.26. The Hall–Kier alpha value is -2.60. The molecule has 206 valence electrons. The number of nitrogens with zero attached hydrogens (tertiary/aromatic N) is 2. The van der Waals surface area contributed by atoms with Crippen LogP contribution < -0.4 is 4.74 Å². The number of phenolic OH excluding ortho intramolecular Hbond substituents is 1. The number of rotatable bonds is 18. The van der Waals surface area contributed by atoms with Crippen LogP contribution in [0.4, 0.5) is 0 Å². The van der Waals surface area contributed by atoms with E-state index in [1.807, 2.05) is 30.3 Å². The zero-order valence-electron chi connectivity index (χ0n) is 23.0. The minimum absolute atomic E-state index is 0.0127. The first-order valence-corrected chi connectivity index (χ1v) is 15.0. The molecule has 1 N–H and O–H groups in total. The molecular formula is C32H43BrN2O3. The smallest absolute Gasteiger partial charge is 0.173 e. The fourth-order valence-electron chi connectivity index (χ4n) is 4.95. The van der Waals surface area contributed by atoms with Crippen molar-refractivity contribution in [3.63, 3.8) is 0 Å². The molecule has 1 aromatic heterocycles. The number of carbonyl (C=O) groups excluding carboxylic acids is 1. The van der Waals surface area contributed by atoms with E-state index in [1.54, 1.807) is 36.3 Å². The van der Waals surface area contributed by atoms with Crippen LogP contribution in [0.15, 0.2) is 59.3 Å². The van der Waals surface area contributed by atoms with E-state index >= 15 is 0 Å². The molecule has 0 aliphatic carbocycles. The maximum atomic E-state index is 13.7. The molecule has 3 aromatic rings. The molecule has 2 aromatic carbocycles. The third-order valence-corrected chi connectivity index (χ3v) is 7.73. The minimum Gasteiger partial charge on any atom is -0.508 e. The van der Waals surface area contributed by atoms with Crippen LogP contribution in [0.5, 0.6) is 11.5 Å². The van der Waals surface area contributed by atoms with Crippen molar-refractivity contribution >= 4 is 21.7 Å². The molecule has 5 nitrogen and oxygen atoms in total. The summed E-state index contributed by atoms with van der Waals surface area (Å²) in [4.78, 5) is 13.7. The first-order valence-electron chi connectivity index (χ1n) is 14.2. The van der Waals surface area contributed by atoms with Crippen molar-refractivity contribution in [3.8, 4) is 17.2 Å². The molecule has 38 heavy (non-hydrogen) atoms. The molecule has 0 aliphatic rings. The SMILES string of the molecule is CCCCCCCCCCCCCCC(C(=O)c1cnn(-c2ccc(OC)cc2)c1)c1cc(Br)ccc1O. The highest BCUT2D eigenvalue weighted by Crippen LogP contribution is 2.35. The van der Waals surface area contributed by atoms with Crippen molar-refractivity contribution in [1.29, 1.82) is 0 Å². The Balaban J connectivity index is 1.56. The summed E-state index contributed by atoms with van der Waals surface area (Å²) in [6, 6.07) is 12.9. The zero-order chi connectivity index (χ0) is 27.2. The first-order chi connectivity index (χ1) is 18.5. The van der Waals surface area contributed by atoms with E-state index in [-0.39, 0.29) is 11.5 Å². The Labute approximate surface area is 236 Å². The van der Waals surface area contributed by atoms with E-state index in [1.165, 1.54) is 64.2 Å². The lowest BCUT2D eigenvalue weighted by Gasteiger charge is -2.17. The third-order valence-electron chi connectivity index (χ3n) is 7.23. The lowest BCUT2D eigenvalue weighted by atomic mass is 9.86. The Kier molecular flexibility index (Phi) is 12.9. The number of benzene rings is 2. The number of Topliss-reactive ketones (excluding diaryl/α,β-unsaturated/α-hetero) is 1. The van der Waals surface area contributed by atoms with Gasteiger partial charge in [-0.2, -0.15) is 5.10 Å². The highest BCUT2D eigenvalue weighted by Gasteiger charge is 2.26. The number of aromatic nitrogens is 2. The van der Waals surface area contributed by atoms with Gasteiger partial charge in [0.25, 0.3) is 0 Å². The molecule has 6 heteroatoms. The summed E-state index contributed by atoms with van der Waals surface area (Å²) in [5, 5.41) is 15.0. The zero-order valence-corrected chi connectivity index (χ0v) is 24.6. The second-order valence-corrected chi connectivity index (χ2v) is 11.1. The molecule has 0 saturated heterocycles. The van der Waals surface area contributed by atoms with Crippen molar-refractivity contribution in [2.45, 2.75) is 96.3 Å². The molecule has 0 saturated carbocycles. The largest absolute Gasteiger partial charge is 0.508 e. The van der Waals surface area contributed by atoms with Crippen molar-refractivity contribution in [3.05, 3.63) is 70.5 Å². The lowest BCUT2D eigenvalue weighted by molar-refractivity contribution is 0.0952. The van der Waals surface area contributed by atoms with Gasteiger partial charge in [-0.05, 0) is 48.9 Å². The summed E-state index contributed by atoms with van der Waals surface area (Å²) in [5.41, 5.74) is 2.07. The van der Waals surface area contributed by atoms with Crippen LogP contribution >= 0.6 is 15.9 Å². The maximum absolute atomic E-state index is 13.7. The van der Waals surface area contributed by atoms with Crippen LogP contribution in [0.25, 0.3) is 5.69 Å². The molecule has 1 heterocycles. The van der Waals surface area contributed by atoms with E-state index in [2.05, 4.69) is 28.0 Å². The predicted octanol–water partition coefficient (Wildman–Crippen LogP) is 9.41. The summed E-state index contributed by atoms with van der Waals surface area (Å²) >= 11 is 3.51. The highest BCUT2D eigenvalue weighted by molar-refractivity contribution is 9.10. The number of aromatic hydroxyl groups is 1. The number of halogens is 1. The van der Waals surface area contributed by atoms with Gasteiger partial charge in [0.1, 0.15) is 11.5 Å². The third kappa shape index (κ3) is 9.30. The molecule has 0 spiro atoms. The molecular weight excluding hydrogens is 540 g/mol. The van der Waals surface area contributed by atoms with Crippen LogP contribution in [0.1, 0.15) is 112 Å². The number of carbonyl (C=O) groups is 1. The van der Waals surface area contributed by atoms with Gasteiger partial charge in [0.05, 0.1) is 30.5 Å². The van der Waals surface area contributed by atoms with E-state index in [0.717, 1.165) is 28.8 Å². The fraction of sp³-hybridized carbons (Fsp3) is 0.500. The van der Waals surface area contributed by atoms with Crippen molar-refractivity contribution in [1.82, 2.24) is 9.78 Å². The quantitative estimate of drug-likeness (QED) is 0.120. The second kappa shape index (κ2) is 16.4. The maximum Gasteiger partial charge on any atom is 0.173 e. The van der Waals surface area contributed by atoms with Crippen LogP contribution in [-0.2, 0) is 0 Å². The predicted molar refractivity (Wildman–Crippen MR) is 159 cm³/mol. The summed E-state index contributed by atoms with van der Waals surface area (Å²) < 4.78 is 7.79. The molecule has 0 fully saturated rings. The van der Waals surface area contributed by atoms with Crippen LogP contribution in [0.2, 0.25) is 0 Å². The molecule has 3 rings (SSSR count). The number of ether oxygens (including phenoxy) is 1. The molecule has 0 radical (unpaired) electrons. The second-order valence-electron chi connectivity index (χ2n) is 10.2. The normalized spacial score (nSPS) is 12.0. The van der Waals surface area contributed by atoms with E-state index < -0.39 is 5.92 Å². The Morgan fingerprint density at radius 3 is 2.13 bits per heavy atom. The average Bonchev–Trinajstić information content (AvgIpc) is 3.43. The number of ketones is 1. The van der Waals surface area contributed by atoms with Gasteiger partial charge in [0.2, 0.25) is 0 Å². The van der Waals surface area contributed by atoms with Gasteiger partial charge >= 0.3 is 0 Å². The van der Waals surface area contributed by atoms with Gasteiger partial charge in [-0.15, -0.1) is 0 Å².